The average Bonchev–Trinajstić information content (AvgIpc) is 2.58. The van der Waals surface area contributed by atoms with E-state index in [0.29, 0.717) is 11.6 Å². The second-order valence-electron chi connectivity index (χ2n) is 5.86. The summed E-state index contributed by atoms with van der Waals surface area (Å²) >= 11 is 0. The van der Waals surface area contributed by atoms with Crippen molar-refractivity contribution < 1.29 is 0 Å². The molecule has 2 rings (SSSR count). The van der Waals surface area contributed by atoms with Crippen molar-refractivity contribution in [1.29, 1.82) is 0 Å². The van der Waals surface area contributed by atoms with Gasteiger partial charge in [-0.05, 0) is 45.7 Å². The number of hydrogen-bond donors (Lipinski definition) is 2. The van der Waals surface area contributed by atoms with Crippen LogP contribution in [-0.2, 0) is 6.42 Å². The molecule has 2 nitrogen and oxygen atoms in total. The van der Waals surface area contributed by atoms with Crippen molar-refractivity contribution in [2.75, 3.05) is 13.1 Å². The van der Waals surface area contributed by atoms with Gasteiger partial charge < -0.3 is 10.6 Å². The molecule has 17 heavy (non-hydrogen) atoms. The molecule has 2 N–H and O–H groups in total. The number of aryl methyl sites for hydroxylation is 1. The van der Waals surface area contributed by atoms with Crippen LogP contribution in [0, 0.1) is 6.92 Å². The summed E-state index contributed by atoms with van der Waals surface area (Å²) in [6.07, 6.45) is 2.35. The van der Waals surface area contributed by atoms with Gasteiger partial charge >= 0.3 is 0 Å². The van der Waals surface area contributed by atoms with E-state index < -0.39 is 0 Å². The summed E-state index contributed by atoms with van der Waals surface area (Å²) in [6.45, 7) is 8.87. The van der Waals surface area contributed by atoms with E-state index in [4.69, 9.17) is 0 Å². The van der Waals surface area contributed by atoms with E-state index in [9.17, 15) is 0 Å². The molecule has 1 heterocycles. The van der Waals surface area contributed by atoms with Crippen molar-refractivity contribution in [3.63, 3.8) is 0 Å². The molecular weight excluding hydrogens is 208 g/mol. The zero-order valence-electron chi connectivity index (χ0n) is 11.2. The molecular formula is C15H24N2. The van der Waals surface area contributed by atoms with E-state index in [-0.39, 0.29) is 0 Å². The maximum atomic E-state index is 3.64. The van der Waals surface area contributed by atoms with Crippen molar-refractivity contribution in [2.24, 2.45) is 0 Å². The average molecular weight is 232 g/mol. The fraction of sp³-hybridized carbons (Fsp3) is 0.600. The minimum absolute atomic E-state index is 0.307. The maximum Gasteiger partial charge on any atom is 0.0210 e. The van der Waals surface area contributed by atoms with E-state index >= 15 is 0 Å². The quantitative estimate of drug-likeness (QED) is 0.832. The molecule has 0 bridgehead atoms. The predicted octanol–water partition coefficient (Wildman–Crippen LogP) is 2.27. The normalized spacial score (nSPS) is 22.9. The molecule has 1 aliphatic rings. The third kappa shape index (κ3) is 3.83. The fourth-order valence-electron chi connectivity index (χ4n) is 2.59. The number of benzene rings is 1. The first kappa shape index (κ1) is 12.6. The zero-order valence-corrected chi connectivity index (χ0v) is 11.2. The maximum absolute atomic E-state index is 3.64. The molecule has 94 valence electrons. The third-order valence-electron chi connectivity index (χ3n) is 3.51. The van der Waals surface area contributed by atoms with E-state index in [1.165, 1.54) is 17.5 Å². The molecule has 1 fully saturated rings. The van der Waals surface area contributed by atoms with Gasteiger partial charge in [0.05, 0.1) is 0 Å². The van der Waals surface area contributed by atoms with Gasteiger partial charge in [0, 0.05) is 18.1 Å². The van der Waals surface area contributed by atoms with Crippen LogP contribution in [0.25, 0.3) is 0 Å². The number of hydrogen-bond acceptors (Lipinski definition) is 2. The summed E-state index contributed by atoms with van der Waals surface area (Å²) in [6, 6.07) is 9.42. The Hall–Kier alpha value is -0.860. The first-order valence-electron chi connectivity index (χ1n) is 6.59. The van der Waals surface area contributed by atoms with Crippen LogP contribution in [0.5, 0.6) is 0 Å². The van der Waals surface area contributed by atoms with Crippen LogP contribution in [0.3, 0.4) is 0 Å². The van der Waals surface area contributed by atoms with Crippen molar-refractivity contribution in [1.82, 2.24) is 10.6 Å². The highest BCUT2D eigenvalue weighted by atomic mass is 15.1. The first-order valence-corrected chi connectivity index (χ1v) is 6.59. The van der Waals surface area contributed by atoms with Crippen LogP contribution in [0.2, 0.25) is 0 Å². The minimum Gasteiger partial charge on any atom is -0.312 e. The van der Waals surface area contributed by atoms with Gasteiger partial charge in [0.15, 0.2) is 0 Å². The van der Waals surface area contributed by atoms with Gasteiger partial charge in [0.1, 0.15) is 0 Å². The SMILES string of the molecule is Cc1cccc(CCNC2CNC(C)(C)C2)c1. The fourth-order valence-corrected chi connectivity index (χ4v) is 2.59. The third-order valence-corrected chi connectivity index (χ3v) is 3.51. The molecule has 1 aliphatic heterocycles. The lowest BCUT2D eigenvalue weighted by Gasteiger charge is -2.17. The van der Waals surface area contributed by atoms with Crippen LogP contribution in [-0.4, -0.2) is 24.7 Å². The number of rotatable bonds is 4. The lowest BCUT2D eigenvalue weighted by atomic mass is 10.0. The molecule has 0 aliphatic carbocycles. The van der Waals surface area contributed by atoms with Crippen molar-refractivity contribution in [2.45, 2.75) is 45.2 Å². The zero-order chi connectivity index (χ0) is 12.3. The molecule has 1 saturated heterocycles. The molecule has 0 radical (unpaired) electrons. The highest BCUT2D eigenvalue weighted by Crippen LogP contribution is 2.17. The van der Waals surface area contributed by atoms with Crippen molar-refractivity contribution in [3.05, 3.63) is 35.4 Å². The Morgan fingerprint density at radius 2 is 2.24 bits per heavy atom. The predicted molar refractivity (Wildman–Crippen MR) is 73.4 cm³/mol. The smallest absolute Gasteiger partial charge is 0.0210 e. The van der Waals surface area contributed by atoms with E-state index in [1.807, 2.05) is 0 Å². The van der Waals surface area contributed by atoms with Gasteiger partial charge in [-0.2, -0.15) is 0 Å². The minimum atomic E-state index is 0.307. The second kappa shape index (κ2) is 5.19. The summed E-state index contributed by atoms with van der Waals surface area (Å²) < 4.78 is 0. The van der Waals surface area contributed by atoms with Crippen LogP contribution >= 0.6 is 0 Å². The lowest BCUT2D eigenvalue weighted by Crippen LogP contribution is -2.32. The molecule has 0 spiro atoms. The van der Waals surface area contributed by atoms with Gasteiger partial charge in [0.2, 0.25) is 0 Å². The van der Waals surface area contributed by atoms with Crippen LogP contribution < -0.4 is 10.6 Å². The van der Waals surface area contributed by atoms with Crippen LogP contribution in [0.1, 0.15) is 31.4 Å². The Morgan fingerprint density at radius 3 is 2.88 bits per heavy atom. The Balaban J connectivity index is 1.73. The van der Waals surface area contributed by atoms with Gasteiger partial charge in [-0.1, -0.05) is 29.8 Å². The molecule has 1 aromatic rings. The molecule has 0 aromatic heterocycles. The molecule has 2 heteroatoms. The molecule has 1 unspecified atom stereocenters. The number of nitrogens with one attached hydrogen (secondary N) is 2. The largest absolute Gasteiger partial charge is 0.312 e. The Labute approximate surface area is 105 Å². The van der Waals surface area contributed by atoms with Gasteiger partial charge in [0.25, 0.3) is 0 Å². The molecule has 1 atom stereocenters. The summed E-state index contributed by atoms with van der Waals surface area (Å²) in [5.41, 5.74) is 3.09. The van der Waals surface area contributed by atoms with E-state index in [0.717, 1.165) is 19.5 Å². The Bertz CT molecular complexity index is 371. The highest BCUT2D eigenvalue weighted by Gasteiger charge is 2.29. The second-order valence-corrected chi connectivity index (χ2v) is 5.86. The summed E-state index contributed by atoms with van der Waals surface area (Å²) in [5, 5.41) is 7.18. The highest BCUT2D eigenvalue weighted by molar-refractivity contribution is 5.22. The Morgan fingerprint density at radius 1 is 1.41 bits per heavy atom. The van der Waals surface area contributed by atoms with E-state index in [2.05, 4.69) is 55.7 Å². The summed E-state index contributed by atoms with van der Waals surface area (Å²) in [7, 11) is 0. The van der Waals surface area contributed by atoms with E-state index in [1.54, 1.807) is 0 Å². The topological polar surface area (TPSA) is 24.1 Å². The first-order chi connectivity index (χ1) is 8.05. The lowest BCUT2D eigenvalue weighted by molar-refractivity contribution is 0.443. The Kier molecular flexibility index (Phi) is 3.85. The van der Waals surface area contributed by atoms with Gasteiger partial charge in [-0.15, -0.1) is 0 Å². The van der Waals surface area contributed by atoms with Crippen LogP contribution in [0.15, 0.2) is 24.3 Å². The monoisotopic (exact) mass is 232 g/mol. The molecule has 0 saturated carbocycles. The van der Waals surface area contributed by atoms with Gasteiger partial charge in [-0.25, -0.2) is 0 Å². The van der Waals surface area contributed by atoms with Crippen molar-refractivity contribution in [3.8, 4) is 0 Å². The standard InChI is InChI=1S/C15H24N2/c1-12-5-4-6-13(9-12)7-8-16-14-10-15(2,3)17-11-14/h4-6,9,14,16-17H,7-8,10-11H2,1-3H3. The summed E-state index contributed by atoms with van der Waals surface area (Å²) in [5.74, 6) is 0. The van der Waals surface area contributed by atoms with Crippen LogP contribution in [0.4, 0.5) is 0 Å². The van der Waals surface area contributed by atoms with Gasteiger partial charge in [-0.3, -0.25) is 0 Å². The van der Waals surface area contributed by atoms with Crippen molar-refractivity contribution >= 4 is 0 Å². The molecule has 0 amide bonds. The summed E-state index contributed by atoms with van der Waals surface area (Å²) in [4.78, 5) is 0. The molecule has 1 aromatic carbocycles.